The minimum absolute atomic E-state index is 0.0503. The van der Waals surface area contributed by atoms with Crippen LogP contribution in [0.5, 0.6) is 11.5 Å². The minimum Gasteiger partial charge on any atom is -0.497 e. The van der Waals surface area contributed by atoms with Gasteiger partial charge in [-0.05, 0) is 48.4 Å². The van der Waals surface area contributed by atoms with Crippen LogP contribution in [-0.4, -0.2) is 39.8 Å². The van der Waals surface area contributed by atoms with Crippen LogP contribution < -0.4 is 19.8 Å². The van der Waals surface area contributed by atoms with Crippen LogP contribution in [0.2, 0.25) is 0 Å². The number of hydrogen-bond acceptors (Lipinski definition) is 8. The fourth-order valence-corrected chi connectivity index (χ4v) is 6.82. The Balaban J connectivity index is 1.60. The van der Waals surface area contributed by atoms with Crippen LogP contribution in [0.3, 0.4) is 0 Å². The summed E-state index contributed by atoms with van der Waals surface area (Å²) in [7, 11) is -0.679. The van der Waals surface area contributed by atoms with Gasteiger partial charge in [0.2, 0.25) is 10.0 Å². The van der Waals surface area contributed by atoms with Crippen molar-refractivity contribution in [2.75, 3.05) is 25.5 Å². The Morgan fingerprint density at radius 1 is 0.894 bits per heavy atom. The van der Waals surface area contributed by atoms with E-state index in [4.69, 9.17) is 18.6 Å². The van der Waals surface area contributed by atoms with Crippen LogP contribution in [0.25, 0.3) is 33.2 Å². The fourth-order valence-electron chi connectivity index (χ4n) is 5.63. The topological polar surface area (TPSA) is 126 Å². The normalized spacial score (nSPS) is 11.5. The molecule has 6 rings (SSSR count). The van der Waals surface area contributed by atoms with Gasteiger partial charge in [0.15, 0.2) is 5.58 Å². The number of rotatable bonds is 11. The van der Waals surface area contributed by atoms with E-state index < -0.39 is 21.6 Å². The lowest BCUT2D eigenvalue weighted by Gasteiger charge is -2.16. The smallest absolute Gasteiger partial charge is 0.344 e. The molecule has 0 amide bonds. The summed E-state index contributed by atoms with van der Waals surface area (Å²) in [6.07, 6.45) is 0. The van der Waals surface area contributed by atoms with Crippen molar-refractivity contribution in [3.8, 4) is 22.6 Å². The second-order valence-electron chi connectivity index (χ2n) is 10.7. The average molecular weight is 653 g/mol. The summed E-state index contributed by atoms with van der Waals surface area (Å²) in [6.45, 7) is 1.77. The van der Waals surface area contributed by atoms with E-state index in [-0.39, 0.29) is 41.3 Å². The molecule has 2 heterocycles. The minimum atomic E-state index is -3.77. The van der Waals surface area contributed by atoms with E-state index in [0.717, 1.165) is 0 Å². The molecule has 0 fully saturated rings. The highest BCUT2D eigenvalue weighted by molar-refractivity contribution is 7.91. The molecule has 0 bridgehead atoms. The van der Waals surface area contributed by atoms with Crippen LogP contribution in [0.4, 0.5) is 5.69 Å². The Morgan fingerprint density at radius 3 is 2.32 bits per heavy atom. The van der Waals surface area contributed by atoms with E-state index >= 15 is 0 Å². The van der Waals surface area contributed by atoms with Gasteiger partial charge in [-0.2, -0.15) is 0 Å². The fraction of sp³-hybridized carbons (Fsp3) is 0.167. The number of pyridine rings is 1. The Bertz CT molecular complexity index is 2260. The van der Waals surface area contributed by atoms with Gasteiger partial charge in [-0.15, -0.1) is 0 Å². The number of anilines is 1. The van der Waals surface area contributed by atoms with Gasteiger partial charge >= 0.3 is 5.97 Å². The van der Waals surface area contributed by atoms with Gasteiger partial charge < -0.3 is 18.6 Å². The number of esters is 1. The number of aromatic nitrogens is 1. The maximum Gasteiger partial charge on any atom is 0.344 e. The highest BCUT2D eigenvalue weighted by Gasteiger charge is 2.29. The van der Waals surface area contributed by atoms with Crippen molar-refractivity contribution in [3.05, 3.63) is 124 Å². The van der Waals surface area contributed by atoms with Crippen molar-refractivity contribution >= 4 is 43.7 Å². The molecule has 0 spiro atoms. The lowest BCUT2D eigenvalue weighted by molar-refractivity contribution is 0.0524. The lowest BCUT2D eigenvalue weighted by Crippen LogP contribution is -2.29. The molecule has 11 heteroatoms. The summed E-state index contributed by atoms with van der Waals surface area (Å²) < 4.78 is 53.0. The average Bonchev–Trinajstić information content (AvgIpc) is 3.44. The SMILES string of the molecule is CCOC(=O)c1c(-c2ccc(OC)cc2)c2oc3cc(NS(=O)(=O)Cc4ccccc4)ccc3c2n(Cc2ccccc2OC)c1=O. The molecule has 1 N–H and O–H groups in total. The molecule has 0 aliphatic carbocycles. The van der Waals surface area contributed by atoms with Crippen molar-refractivity contribution in [1.29, 1.82) is 0 Å². The number of methoxy groups -OCH3 is 2. The molecule has 6 aromatic rings. The van der Waals surface area contributed by atoms with E-state index in [1.807, 2.05) is 24.3 Å². The summed E-state index contributed by atoms with van der Waals surface area (Å²) in [4.78, 5) is 28.0. The largest absolute Gasteiger partial charge is 0.497 e. The van der Waals surface area contributed by atoms with Crippen LogP contribution in [0.15, 0.2) is 106 Å². The lowest BCUT2D eigenvalue weighted by atomic mass is 9.98. The summed E-state index contributed by atoms with van der Waals surface area (Å²) in [5, 5.41) is 0.545. The van der Waals surface area contributed by atoms with E-state index in [9.17, 15) is 18.0 Å². The molecule has 240 valence electrons. The molecule has 47 heavy (non-hydrogen) atoms. The quantitative estimate of drug-likeness (QED) is 0.155. The molecule has 0 unspecified atom stereocenters. The highest BCUT2D eigenvalue weighted by atomic mass is 32.2. The maximum atomic E-state index is 14.5. The number of nitrogens with zero attached hydrogens (tertiary/aromatic N) is 1. The Hall–Kier alpha value is -5.55. The van der Waals surface area contributed by atoms with Crippen molar-refractivity contribution in [2.24, 2.45) is 0 Å². The van der Waals surface area contributed by atoms with Gasteiger partial charge in [0.05, 0.1) is 44.3 Å². The van der Waals surface area contributed by atoms with E-state index in [2.05, 4.69) is 4.72 Å². The molecule has 10 nitrogen and oxygen atoms in total. The van der Waals surface area contributed by atoms with Crippen LogP contribution >= 0.6 is 0 Å². The molecule has 4 aromatic carbocycles. The summed E-state index contributed by atoms with van der Waals surface area (Å²) in [6, 6.07) is 27.9. The first kappa shape index (κ1) is 31.4. The zero-order chi connectivity index (χ0) is 33.1. The molecule has 0 aliphatic rings. The molecule has 0 saturated carbocycles. The van der Waals surface area contributed by atoms with Crippen molar-refractivity contribution in [2.45, 2.75) is 19.2 Å². The third kappa shape index (κ3) is 6.30. The van der Waals surface area contributed by atoms with Gasteiger partial charge in [0, 0.05) is 22.6 Å². The monoisotopic (exact) mass is 652 g/mol. The number of furan rings is 1. The second-order valence-corrected chi connectivity index (χ2v) is 12.5. The van der Waals surface area contributed by atoms with Crippen LogP contribution in [0.1, 0.15) is 28.4 Å². The van der Waals surface area contributed by atoms with E-state index in [1.165, 1.54) is 4.57 Å². The van der Waals surface area contributed by atoms with Gasteiger partial charge in [-0.3, -0.25) is 14.1 Å². The summed E-state index contributed by atoms with van der Waals surface area (Å²) in [5.41, 5.74) is 2.62. The third-order valence-electron chi connectivity index (χ3n) is 7.72. The van der Waals surface area contributed by atoms with Gasteiger partial charge in [-0.25, -0.2) is 13.2 Å². The molecule has 2 aromatic heterocycles. The number of sulfonamides is 1. The van der Waals surface area contributed by atoms with E-state index in [0.29, 0.717) is 44.7 Å². The number of hydrogen-bond donors (Lipinski definition) is 1. The van der Waals surface area contributed by atoms with Gasteiger partial charge in [-0.1, -0.05) is 60.7 Å². The summed E-state index contributed by atoms with van der Waals surface area (Å²) in [5.74, 6) is 0.139. The number of para-hydroxylation sites is 1. The van der Waals surface area contributed by atoms with Crippen molar-refractivity contribution < 1.29 is 31.8 Å². The van der Waals surface area contributed by atoms with Crippen LogP contribution in [0, 0.1) is 0 Å². The number of fused-ring (bicyclic) bond motifs is 3. The van der Waals surface area contributed by atoms with Gasteiger partial charge in [0.1, 0.15) is 22.6 Å². The molecular formula is C36H32N2O8S. The Kier molecular flexibility index (Phi) is 8.73. The maximum absolute atomic E-state index is 14.5. The molecule has 0 radical (unpaired) electrons. The number of carbonyl (C=O) groups is 1. The predicted molar refractivity (Wildman–Crippen MR) is 181 cm³/mol. The molecule has 0 aliphatic heterocycles. The number of ether oxygens (including phenoxy) is 3. The van der Waals surface area contributed by atoms with Gasteiger partial charge in [0.25, 0.3) is 5.56 Å². The number of carbonyl (C=O) groups excluding carboxylic acids is 1. The molecule has 0 atom stereocenters. The Morgan fingerprint density at radius 2 is 1.62 bits per heavy atom. The number of nitrogens with one attached hydrogen (secondary N) is 1. The third-order valence-corrected chi connectivity index (χ3v) is 8.98. The standard InChI is InChI=1S/C36H32N2O8S/c1-4-45-36(40)32-31(24-14-17-27(43-2)18-15-24)34-33(38(35(32)39)21-25-12-8-9-13-29(25)44-3)28-19-16-26(20-30(28)46-34)37-47(41,42)22-23-10-6-5-7-11-23/h5-20,37H,4,21-22H2,1-3H3. The van der Waals surface area contributed by atoms with Crippen molar-refractivity contribution in [1.82, 2.24) is 4.57 Å². The van der Waals surface area contributed by atoms with E-state index in [1.54, 1.807) is 93.9 Å². The second kappa shape index (κ2) is 13.1. The zero-order valence-corrected chi connectivity index (χ0v) is 26.8. The first-order valence-corrected chi connectivity index (χ1v) is 16.5. The van der Waals surface area contributed by atoms with Crippen LogP contribution in [-0.2, 0) is 27.1 Å². The first-order chi connectivity index (χ1) is 22.7. The van der Waals surface area contributed by atoms with Crippen molar-refractivity contribution in [3.63, 3.8) is 0 Å². The summed E-state index contributed by atoms with van der Waals surface area (Å²) >= 11 is 0. The highest BCUT2D eigenvalue weighted by Crippen LogP contribution is 2.39. The molecular weight excluding hydrogens is 620 g/mol. The predicted octanol–water partition coefficient (Wildman–Crippen LogP) is 6.60. The Labute approximate surface area is 271 Å². The zero-order valence-electron chi connectivity index (χ0n) is 26.0. The number of benzene rings is 4. The first-order valence-electron chi connectivity index (χ1n) is 14.8. The molecule has 0 saturated heterocycles.